The number of rotatable bonds is 8. The van der Waals surface area contributed by atoms with Gasteiger partial charge in [-0.05, 0) is 37.8 Å². The van der Waals surface area contributed by atoms with E-state index in [0.717, 1.165) is 18.7 Å². The van der Waals surface area contributed by atoms with Crippen molar-refractivity contribution in [2.45, 2.75) is 46.1 Å². The lowest BCUT2D eigenvalue weighted by Gasteiger charge is -2.25. The molecule has 0 heterocycles. The molecule has 21 heavy (non-hydrogen) atoms. The molecule has 4 heteroatoms. The molecule has 1 aromatic carbocycles. The Hall–Kier alpha value is -1.55. The van der Waals surface area contributed by atoms with Crippen molar-refractivity contribution in [3.05, 3.63) is 29.8 Å². The zero-order valence-corrected chi connectivity index (χ0v) is 13.6. The molecule has 0 aliphatic rings. The molecule has 0 aliphatic heterocycles. The Morgan fingerprint density at radius 1 is 1.33 bits per heavy atom. The van der Waals surface area contributed by atoms with Crippen molar-refractivity contribution in [1.82, 2.24) is 5.32 Å². The van der Waals surface area contributed by atoms with Gasteiger partial charge < -0.3 is 15.7 Å². The van der Waals surface area contributed by atoms with E-state index in [9.17, 15) is 9.90 Å². The van der Waals surface area contributed by atoms with Crippen LogP contribution in [0.5, 0.6) is 0 Å². The summed E-state index contributed by atoms with van der Waals surface area (Å²) in [6.45, 7) is 9.04. The fourth-order valence-corrected chi connectivity index (χ4v) is 2.41. The Labute approximate surface area is 128 Å². The van der Waals surface area contributed by atoms with Gasteiger partial charge in [-0.25, -0.2) is 0 Å². The predicted octanol–water partition coefficient (Wildman–Crippen LogP) is 3.04. The minimum atomic E-state index is -0.879. The highest BCUT2D eigenvalue weighted by Crippen LogP contribution is 2.17. The van der Waals surface area contributed by atoms with E-state index < -0.39 is 5.60 Å². The summed E-state index contributed by atoms with van der Waals surface area (Å²) < 4.78 is 0. The molecule has 0 aliphatic carbocycles. The van der Waals surface area contributed by atoms with Gasteiger partial charge in [-0.2, -0.15) is 0 Å². The minimum Gasteiger partial charge on any atom is -0.388 e. The molecule has 1 unspecified atom stereocenters. The molecule has 0 fully saturated rings. The van der Waals surface area contributed by atoms with Gasteiger partial charge in [-0.15, -0.1) is 0 Å². The maximum absolute atomic E-state index is 12.3. The Bertz CT molecular complexity index is 456. The highest BCUT2D eigenvalue weighted by molar-refractivity contribution is 5.99. The maximum Gasteiger partial charge on any atom is 0.253 e. The Morgan fingerprint density at radius 2 is 2.00 bits per heavy atom. The summed E-state index contributed by atoms with van der Waals surface area (Å²) in [4.78, 5) is 12.3. The van der Waals surface area contributed by atoms with E-state index in [-0.39, 0.29) is 12.5 Å². The van der Waals surface area contributed by atoms with E-state index in [4.69, 9.17) is 0 Å². The lowest BCUT2D eigenvalue weighted by Crippen LogP contribution is -2.41. The lowest BCUT2D eigenvalue weighted by molar-refractivity contribution is 0.0368. The van der Waals surface area contributed by atoms with E-state index in [0.29, 0.717) is 17.9 Å². The molecule has 0 aromatic heterocycles. The molecular weight excluding hydrogens is 264 g/mol. The standard InChI is InChI=1S/C17H28N2O2/c1-5-10-18-15-9-7-6-8-14(15)16(20)19-12-17(4,21)11-13(2)3/h6-9,13,18,21H,5,10-12H2,1-4H3,(H,19,20). The van der Waals surface area contributed by atoms with Crippen molar-refractivity contribution in [1.29, 1.82) is 0 Å². The number of amides is 1. The van der Waals surface area contributed by atoms with E-state index in [1.54, 1.807) is 13.0 Å². The molecule has 1 rings (SSSR count). The predicted molar refractivity (Wildman–Crippen MR) is 87.6 cm³/mol. The second kappa shape index (κ2) is 8.03. The number of nitrogens with one attached hydrogen (secondary N) is 2. The van der Waals surface area contributed by atoms with E-state index in [1.165, 1.54) is 0 Å². The van der Waals surface area contributed by atoms with Crippen molar-refractivity contribution in [3.8, 4) is 0 Å². The number of hydrogen-bond acceptors (Lipinski definition) is 3. The number of aliphatic hydroxyl groups is 1. The second-order valence-corrected chi connectivity index (χ2v) is 6.25. The van der Waals surface area contributed by atoms with E-state index in [2.05, 4.69) is 31.4 Å². The number of benzene rings is 1. The third-order valence-corrected chi connectivity index (χ3v) is 3.21. The largest absolute Gasteiger partial charge is 0.388 e. The first-order chi connectivity index (χ1) is 9.85. The Balaban J connectivity index is 2.67. The van der Waals surface area contributed by atoms with Gasteiger partial charge in [0.1, 0.15) is 0 Å². The fraction of sp³-hybridized carbons (Fsp3) is 0.588. The lowest BCUT2D eigenvalue weighted by atomic mass is 9.94. The quantitative estimate of drug-likeness (QED) is 0.690. The summed E-state index contributed by atoms with van der Waals surface area (Å²) in [6, 6.07) is 7.45. The molecule has 1 atom stereocenters. The topological polar surface area (TPSA) is 61.4 Å². The Kier molecular flexibility index (Phi) is 6.69. The molecule has 0 spiro atoms. The summed E-state index contributed by atoms with van der Waals surface area (Å²) >= 11 is 0. The highest BCUT2D eigenvalue weighted by Gasteiger charge is 2.23. The molecular formula is C17H28N2O2. The molecule has 1 aromatic rings. The average molecular weight is 292 g/mol. The van der Waals surface area contributed by atoms with Gasteiger partial charge in [-0.1, -0.05) is 32.9 Å². The number of para-hydroxylation sites is 1. The molecule has 118 valence electrons. The molecule has 0 bridgehead atoms. The summed E-state index contributed by atoms with van der Waals surface area (Å²) in [5, 5.41) is 16.3. The monoisotopic (exact) mass is 292 g/mol. The number of carbonyl (C=O) groups is 1. The van der Waals surface area contributed by atoms with Gasteiger partial charge in [0.05, 0.1) is 11.2 Å². The minimum absolute atomic E-state index is 0.154. The highest BCUT2D eigenvalue weighted by atomic mass is 16.3. The summed E-state index contributed by atoms with van der Waals surface area (Å²) in [7, 11) is 0. The average Bonchev–Trinajstić information content (AvgIpc) is 2.41. The number of anilines is 1. The smallest absolute Gasteiger partial charge is 0.253 e. The first kappa shape index (κ1) is 17.5. The van der Waals surface area contributed by atoms with Crippen LogP contribution in [0, 0.1) is 5.92 Å². The van der Waals surface area contributed by atoms with Gasteiger partial charge in [0.25, 0.3) is 5.91 Å². The molecule has 4 nitrogen and oxygen atoms in total. The van der Waals surface area contributed by atoms with Crippen LogP contribution in [0.2, 0.25) is 0 Å². The molecule has 3 N–H and O–H groups in total. The molecule has 0 saturated carbocycles. The third-order valence-electron chi connectivity index (χ3n) is 3.21. The summed E-state index contributed by atoms with van der Waals surface area (Å²) in [5.74, 6) is 0.230. The SMILES string of the molecule is CCCNc1ccccc1C(=O)NCC(C)(O)CC(C)C. The van der Waals surface area contributed by atoms with Crippen LogP contribution in [-0.2, 0) is 0 Å². The third kappa shape index (κ3) is 6.17. The summed E-state index contributed by atoms with van der Waals surface area (Å²) in [6.07, 6.45) is 1.65. The maximum atomic E-state index is 12.3. The van der Waals surface area contributed by atoms with Crippen LogP contribution in [0.15, 0.2) is 24.3 Å². The zero-order valence-electron chi connectivity index (χ0n) is 13.6. The van der Waals surface area contributed by atoms with Gasteiger partial charge in [0.15, 0.2) is 0 Å². The Morgan fingerprint density at radius 3 is 2.62 bits per heavy atom. The van der Waals surface area contributed by atoms with Crippen LogP contribution >= 0.6 is 0 Å². The zero-order chi connectivity index (χ0) is 15.9. The number of carbonyl (C=O) groups excluding carboxylic acids is 1. The fourth-order valence-electron chi connectivity index (χ4n) is 2.41. The molecule has 0 radical (unpaired) electrons. The molecule has 0 saturated heterocycles. The van der Waals surface area contributed by atoms with Crippen molar-refractivity contribution in [2.75, 3.05) is 18.4 Å². The van der Waals surface area contributed by atoms with Gasteiger partial charge in [0.2, 0.25) is 0 Å². The first-order valence-corrected chi connectivity index (χ1v) is 7.69. The van der Waals surface area contributed by atoms with Crippen LogP contribution in [0.3, 0.4) is 0 Å². The van der Waals surface area contributed by atoms with Gasteiger partial charge >= 0.3 is 0 Å². The van der Waals surface area contributed by atoms with Crippen LogP contribution < -0.4 is 10.6 Å². The van der Waals surface area contributed by atoms with Crippen LogP contribution in [0.25, 0.3) is 0 Å². The van der Waals surface area contributed by atoms with Crippen molar-refractivity contribution in [2.24, 2.45) is 5.92 Å². The number of hydrogen-bond donors (Lipinski definition) is 3. The van der Waals surface area contributed by atoms with E-state index >= 15 is 0 Å². The van der Waals surface area contributed by atoms with Crippen molar-refractivity contribution in [3.63, 3.8) is 0 Å². The van der Waals surface area contributed by atoms with E-state index in [1.807, 2.05) is 18.2 Å². The van der Waals surface area contributed by atoms with Gasteiger partial charge in [-0.3, -0.25) is 4.79 Å². The van der Waals surface area contributed by atoms with Crippen LogP contribution in [0.1, 0.15) is 50.9 Å². The first-order valence-electron chi connectivity index (χ1n) is 7.69. The second-order valence-electron chi connectivity index (χ2n) is 6.25. The molecule has 1 amide bonds. The van der Waals surface area contributed by atoms with Gasteiger partial charge in [0, 0.05) is 18.8 Å². The van der Waals surface area contributed by atoms with Crippen LogP contribution in [-0.4, -0.2) is 29.7 Å². The normalized spacial score (nSPS) is 13.8. The van der Waals surface area contributed by atoms with Crippen LogP contribution in [0.4, 0.5) is 5.69 Å². The van der Waals surface area contributed by atoms with Crippen molar-refractivity contribution >= 4 is 11.6 Å². The summed E-state index contributed by atoms with van der Waals surface area (Å²) in [5.41, 5.74) is 0.571. The van der Waals surface area contributed by atoms with Crippen molar-refractivity contribution < 1.29 is 9.90 Å².